The molecule has 0 aliphatic carbocycles. The van der Waals surface area contributed by atoms with E-state index in [1.807, 2.05) is 12.1 Å². The highest BCUT2D eigenvalue weighted by Gasteiger charge is 2.22. The van der Waals surface area contributed by atoms with Gasteiger partial charge in [-0.05, 0) is 24.6 Å². The van der Waals surface area contributed by atoms with Crippen LogP contribution in [0.1, 0.15) is 16.7 Å². The SMILES string of the molecule is COc1ccc(Cn2cc(C#C[Si](C)(C)C)c(C)c([N+](=O)[O-])c2=O)cc1. The number of benzene rings is 1. The molecule has 2 aromatic rings. The predicted molar refractivity (Wildman–Crippen MR) is 104 cm³/mol. The van der Waals surface area contributed by atoms with Crippen molar-refractivity contribution in [1.82, 2.24) is 4.57 Å². The van der Waals surface area contributed by atoms with Gasteiger partial charge in [-0.2, -0.15) is 0 Å². The first kappa shape index (κ1) is 19.5. The van der Waals surface area contributed by atoms with E-state index >= 15 is 0 Å². The average Bonchev–Trinajstić information content (AvgIpc) is 2.56. The zero-order valence-corrected chi connectivity index (χ0v) is 16.6. The minimum Gasteiger partial charge on any atom is -0.497 e. The zero-order chi connectivity index (χ0) is 19.5. The third-order valence-electron chi connectivity index (χ3n) is 3.77. The molecule has 0 saturated heterocycles. The van der Waals surface area contributed by atoms with E-state index in [0.717, 1.165) is 5.56 Å². The van der Waals surface area contributed by atoms with Gasteiger partial charge in [-0.25, -0.2) is 0 Å². The lowest BCUT2D eigenvalue weighted by Gasteiger charge is -2.10. The Morgan fingerprint density at radius 1 is 1.23 bits per heavy atom. The monoisotopic (exact) mass is 370 g/mol. The summed E-state index contributed by atoms with van der Waals surface area (Å²) in [5.74, 6) is 3.75. The van der Waals surface area contributed by atoms with Crippen LogP contribution in [0, 0.1) is 28.5 Å². The second-order valence-corrected chi connectivity index (χ2v) is 11.8. The van der Waals surface area contributed by atoms with E-state index in [1.165, 1.54) is 4.57 Å². The normalized spacial score (nSPS) is 10.8. The van der Waals surface area contributed by atoms with Gasteiger partial charge in [0.2, 0.25) is 0 Å². The fourth-order valence-electron chi connectivity index (χ4n) is 2.38. The number of hydrogen-bond donors (Lipinski definition) is 0. The van der Waals surface area contributed by atoms with Crippen LogP contribution in [-0.2, 0) is 6.54 Å². The van der Waals surface area contributed by atoms with Gasteiger partial charge in [-0.1, -0.05) is 37.7 Å². The Morgan fingerprint density at radius 3 is 2.35 bits per heavy atom. The van der Waals surface area contributed by atoms with Gasteiger partial charge in [0.05, 0.1) is 24.1 Å². The van der Waals surface area contributed by atoms with Crippen LogP contribution >= 0.6 is 0 Å². The first-order valence-corrected chi connectivity index (χ1v) is 11.7. The highest BCUT2D eigenvalue weighted by Crippen LogP contribution is 2.18. The van der Waals surface area contributed by atoms with Crippen LogP contribution in [0.25, 0.3) is 0 Å². The molecule has 26 heavy (non-hydrogen) atoms. The Kier molecular flexibility index (Phi) is 5.68. The summed E-state index contributed by atoms with van der Waals surface area (Å²) in [5, 5.41) is 11.4. The van der Waals surface area contributed by atoms with Gasteiger partial charge in [-0.15, -0.1) is 5.54 Å². The van der Waals surface area contributed by atoms with Crippen LogP contribution < -0.4 is 10.3 Å². The molecule has 0 radical (unpaired) electrons. The quantitative estimate of drug-likeness (QED) is 0.358. The van der Waals surface area contributed by atoms with Crippen LogP contribution in [0.2, 0.25) is 19.6 Å². The molecule has 1 heterocycles. The Morgan fingerprint density at radius 2 is 1.85 bits per heavy atom. The van der Waals surface area contributed by atoms with Crippen molar-refractivity contribution in [3.8, 4) is 17.2 Å². The summed E-state index contributed by atoms with van der Waals surface area (Å²) in [6, 6.07) is 7.22. The van der Waals surface area contributed by atoms with Gasteiger partial charge >= 0.3 is 11.2 Å². The minimum atomic E-state index is -1.66. The van der Waals surface area contributed by atoms with E-state index in [0.29, 0.717) is 16.9 Å². The van der Waals surface area contributed by atoms with E-state index in [9.17, 15) is 14.9 Å². The number of pyridine rings is 1. The zero-order valence-electron chi connectivity index (χ0n) is 15.6. The van der Waals surface area contributed by atoms with Crippen molar-refractivity contribution in [2.75, 3.05) is 7.11 Å². The molecule has 0 saturated carbocycles. The summed E-state index contributed by atoms with van der Waals surface area (Å²) < 4.78 is 6.47. The molecule has 0 spiro atoms. The number of ether oxygens (including phenoxy) is 1. The molecule has 1 aromatic carbocycles. The van der Waals surface area contributed by atoms with Crippen molar-refractivity contribution in [2.45, 2.75) is 33.1 Å². The van der Waals surface area contributed by atoms with E-state index < -0.39 is 24.2 Å². The van der Waals surface area contributed by atoms with Crippen molar-refractivity contribution in [1.29, 1.82) is 0 Å². The molecule has 0 N–H and O–H groups in total. The molecule has 0 fully saturated rings. The van der Waals surface area contributed by atoms with Gasteiger partial charge in [-0.3, -0.25) is 14.9 Å². The van der Waals surface area contributed by atoms with Crippen LogP contribution in [0.15, 0.2) is 35.3 Å². The van der Waals surface area contributed by atoms with Gasteiger partial charge in [0.15, 0.2) is 0 Å². The van der Waals surface area contributed by atoms with Crippen LogP contribution in [0.3, 0.4) is 0 Å². The summed E-state index contributed by atoms with van der Waals surface area (Å²) in [5.41, 5.74) is 3.85. The largest absolute Gasteiger partial charge is 0.497 e. The summed E-state index contributed by atoms with van der Waals surface area (Å²) in [4.78, 5) is 23.4. The molecular weight excluding hydrogens is 348 g/mol. The lowest BCUT2D eigenvalue weighted by molar-refractivity contribution is -0.387. The lowest BCUT2D eigenvalue weighted by Crippen LogP contribution is -2.25. The minimum absolute atomic E-state index is 0.228. The van der Waals surface area contributed by atoms with Crippen LogP contribution in [0.4, 0.5) is 5.69 Å². The van der Waals surface area contributed by atoms with E-state index in [-0.39, 0.29) is 6.54 Å². The highest BCUT2D eigenvalue weighted by molar-refractivity contribution is 6.83. The molecular formula is C19H22N2O4Si. The topological polar surface area (TPSA) is 74.4 Å². The molecule has 0 aliphatic heterocycles. The molecule has 1 aromatic heterocycles. The van der Waals surface area contributed by atoms with Crippen molar-refractivity contribution in [3.63, 3.8) is 0 Å². The predicted octanol–water partition coefficient (Wildman–Crippen LogP) is 3.35. The van der Waals surface area contributed by atoms with Crippen molar-refractivity contribution in [2.24, 2.45) is 0 Å². The summed E-state index contributed by atoms with van der Waals surface area (Å²) in [7, 11) is -0.0797. The van der Waals surface area contributed by atoms with Crippen LogP contribution in [-0.4, -0.2) is 24.7 Å². The van der Waals surface area contributed by atoms with Crippen molar-refractivity contribution in [3.05, 3.63) is 67.6 Å². The fourth-order valence-corrected chi connectivity index (χ4v) is 2.89. The smallest absolute Gasteiger partial charge is 0.338 e. The maximum absolute atomic E-state index is 12.6. The van der Waals surface area contributed by atoms with E-state index in [1.54, 1.807) is 32.4 Å². The average molecular weight is 370 g/mol. The van der Waals surface area contributed by atoms with Crippen LogP contribution in [0.5, 0.6) is 5.75 Å². The number of hydrogen-bond acceptors (Lipinski definition) is 4. The lowest BCUT2D eigenvalue weighted by atomic mass is 10.1. The van der Waals surface area contributed by atoms with E-state index in [2.05, 4.69) is 31.1 Å². The molecule has 6 nitrogen and oxygen atoms in total. The highest BCUT2D eigenvalue weighted by atomic mass is 28.3. The molecule has 0 aliphatic rings. The number of nitrogens with zero attached hydrogens (tertiary/aromatic N) is 2. The molecule has 7 heteroatoms. The first-order chi connectivity index (χ1) is 12.1. The summed E-state index contributed by atoms with van der Waals surface area (Å²) >= 11 is 0. The third kappa shape index (κ3) is 4.61. The maximum Gasteiger partial charge on any atom is 0.338 e. The Hall–Kier alpha value is -2.85. The molecule has 2 rings (SSSR count). The Labute approximate surface area is 153 Å². The Bertz CT molecular complexity index is 945. The first-order valence-electron chi connectivity index (χ1n) is 8.17. The number of rotatable bonds is 4. The summed E-state index contributed by atoms with van der Waals surface area (Å²) in [6.45, 7) is 8.09. The second-order valence-electron chi connectivity index (χ2n) is 7.05. The van der Waals surface area contributed by atoms with Gasteiger partial charge < -0.3 is 9.30 Å². The molecule has 0 unspecified atom stereocenters. The standard InChI is InChI=1S/C19H22N2O4Si/c1-14-16(10-11-26(3,4)5)13-20(19(22)18(14)21(23)24)12-15-6-8-17(25-2)9-7-15/h6-9,13H,12H2,1-5H3. The maximum atomic E-state index is 12.6. The van der Waals surface area contributed by atoms with E-state index in [4.69, 9.17) is 4.74 Å². The molecule has 0 atom stereocenters. The molecule has 0 amide bonds. The molecule has 136 valence electrons. The van der Waals surface area contributed by atoms with Gasteiger partial charge in [0.25, 0.3) is 0 Å². The third-order valence-corrected chi connectivity index (χ3v) is 4.65. The fraction of sp³-hybridized carbons (Fsp3) is 0.316. The number of aromatic nitrogens is 1. The Balaban J connectivity index is 2.56. The summed E-state index contributed by atoms with van der Waals surface area (Å²) in [6.07, 6.45) is 1.61. The van der Waals surface area contributed by atoms with Gasteiger partial charge in [0, 0.05) is 11.8 Å². The second kappa shape index (κ2) is 7.58. The van der Waals surface area contributed by atoms with Gasteiger partial charge in [0.1, 0.15) is 13.8 Å². The van der Waals surface area contributed by atoms with Crippen molar-refractivity contribution < 1.29 is 9.66 Å². The van der Waals surface area contributed by atoms with Crippen molar-refractivity contribution >= 4 is 13.8 Å². The number of nitro groups is 1. The number of methoxy groups -OCH3 is 1. The molecule has 0 bridgehead atoms.